The molecule has 0 amide bonds. The van der Waals surface area contributed by atoms with Crippen molar-refractivity contribution in [2.75, 3.05) is 5.32 Å². The van der Waals surface area contributed by atoms with E-state index in [4.69, 9.17) is 23.2 Å². The molecule has 18 heavy (non-hydrogen) atoms. The summed E-state index contributed by atoms with van der Waals surface area (Å²) in [5.74, 6) is 0.0160. The van der Waals surface area contributed by atoms with E-state index in [1.165, 1.54) is 0 Å². The van der Waals surface area contributed by atoms with Crippen molar-refractivity contribution in [1.29, 1.82) is 0 Å². The van der Waals surface area contributed by atoms with Gasteiger partial charge in [0.2, 0.25) is 11.1 Å². The van der Waals surface area contributed by atoms with Crippen LogP contribution in [-0.4, -0.2) is 14.9 Å². The first-order valence-electron chi connectivity index (χ1n) is 4.76. The monoisotopic (exact) mass is 284 g/mol. The molecule has 0 bridgehead atoms. The minimum absolute atomic E-state index is 0.0160. The van der Waals surface area contributed by atoms with E-state index < -0.39 is 4.92 Å². The standard InChI is InChI=1S/C10H6Cl2N4O2/c11-6-2-1-3-7(4-6)14-9-8(16(17)18)5-13-10(12)15-9/h1-5H,(H,13,14,15). The van der Waals surface area contributed by atoms with E-state index in [1.807, 2.05) is 0 Å². The number of aromatic nitrogens is 2. The summed E-state index contributed by atoms with van der Waals surface area (Å²) in [6.07, 6.45) is 1.04. The second-order valence-corrected chi connectivity index (χ2v) is 4.04. The Kier molecular flexibility index (Phi) is 3.59. The molecule has 0 saturated heterocycles. The van der Waals surface area contributed by atoms with E-state index >= 15 is 0 Å². The highest BCUT2D eigenvalue weighted by atomic mass is 35.5. The molecule has 0 spiro atoms. The first kappa shape index (κ1) is 12.5. The summed E-state index contributed by atoms with van der Waals surface area (Å²) in [5, 5.41) is 14.0. The van der Waals surface area contributed by atoms with E-state index in [0.29, 0.717) is 10.7 Å². The quantitative estimate of drug-likeness (QED) is 0.530. The average molecular weight is 285 g/mol. The molecule has 1 aromatic heterocycles. The van der Waals surface area contributed by atoms with Crippen LogP contribution in [0.2, 0.25) is 10.3 Å². The summed E-state index contributed by atoms with van der Waals surface area (Å²) in [4.78, 5) is 17.6. The maximum atomic E-state index is 10.8. The van der Waals surface area contributed by atoms with Crippen molar-refractivity contribution in [3.8, 4) is 0 Å². The second kappa shape index (κ2) is 5.16. The van der Waals surface area contributed by atoms with E-state index in [0.717, 1.165) is 6.20 Å². The molecule has 8 heteroatoms. The molecule has 0 fully saturated rings. The number of benzene rings is 1. The van der Waals surface area contributed by atoms with Crippen LogP contribution >= 0.6 is 23.2 Å². The Hall–Kier alpha value is -1.92. The Labute approximate surface area is 112 Å². The zero-order chi connectivity index (χ0) is 13.1. The molecular weight excluding hydrogens is 279 g/mol. The second-order valence-electron chi connectivity index (χ2n) is 3.27. The number of anilines is 2. The lowest BCUT2D eigenvalue weighted by Crippen LogP contribution is -2.01. The molecule has 1 N–H and O–H groups in total. The highest BCUT2D eigenvalue weighted by Crippen LogP contribution is 2.26. The average Bonchev–Trinajstić information content (AvgIpc) is 2.28. The van der Waals surface area contributed by atoms with Gasteiger partial charge < -0.3 is 5.32 Å². The predicted molar refractivity (Wildman–Crippen MR) is 68.4 cm³/mol. The van der Waals surface area contributed by atoms with Gasteiger partial charge in [-0.25, -0.2) is 4.98 Å². The molecule has 0 aliphatic carbocycles. The molecule has 0 aliphatic rings. The summed E-state index contributed by atoms with van der Waals surface area (Å²) < 4.78 is 0. The van der Waals surface area contributed by atoms with Crippen LogP contribution in [-0.2, 0) is 0 Å². The van der Waals surface area contributed by atoms with Crippen LogP contribution in [0.15, 0.2) is 30.5 Å². The third-order valence-electron chi connectivity index (χ3n) is 2.02. The number of hydrogen-bond acceptors (Lipinski definition) is 5. The van der Waals surface area contributed by atoms with Gasteiger partial charge in [0.1, 0.15) is 6.20 Å². The van der Waals surface area contributed by atoms with Crippen LogP contribution in [0.3, 0.4) is 0 Å². The third-order valence-corrected chi connectivity index (χ3v) is 2.44. The normalized spacial score (nSPS) is 10.1. The molecule has 2 rings (SSSR count). The Morgan fingerprint density at radius 3 is 2.78 bits per heavy atom. The Morgan fingerprint density at radius 1 is 1.33 bits per heavy atom. The van der Waals surface area contributed by atoms with Crippen LogP contribution in [0.25, 0.3) is 0 Å². The summed E-state index contributed by atoms with van der Waals surface area (Å²) in [5.41, 5.74) is 0.305. The lowest BCUT2D eigenvalue weighted by Gasteiger charge is -2.06. The topological polar surface area (TPSA) is 81.0 Å². The molecule has 1 heterocycles. The van der Waals surface area contributed by atoms with E-state index in [-0.39, 0.29) is 16.8 Å². The van der Waals surface area contributed by atoms with Gasteiger partial charge in [0.25, 0.3) is 0 Å². The number of nitrogens with one attached hydrogen (secondary N) is 1. The van der Waals surface area contributed by atoms with Crippen molar-refractivity contribution in [3.05, 3.63) is 50.9 Å². The largest absolute Gasteiger partial charge is 0.334 e. The Balaban J connectivity index is 2.39. The zero-order valence-electron chi connectivity index (χ0n) is 8.80. The van der Waals surface area contributed by atoms with Crippen molar-refractivity contribution in [2.45, 2.75) is 0 Å². The lowest BCUT2D eigenvalue weighted by molar-refractivity contribution is -0.384. The molecule has 0 saturated carbocycles. The van der Waals surface area contributed by atoms with Crippen molar-refractivity contribution in [3.63, 3.8) is 0 Å². The van der Waals surface area contributed by atoms with Gasteiger partial charge in [0.05, 0.1) is 4.92 Å². The maximum Gasteiger partial charge on any atom is 0.329 e. The molecule has 6 nitrogen and oxygen atoms in total. The number of hydrogen-bond donors (Lipinski definition) is 1. The van der Waals surface area contributed by atoms with Crippen LogP contribution < -0.4 is 5.32 Å². The van der Waals surface area contributed by atoms with Crippen LogP contribution in [0.1, 0.15) is 0 Å². The van der Waals surface area contributed by atoms with Gasteiger partial charge in [-0.3, -0.25) is 10.1 Å². The van der Waals surface area contributed by atoms with Gasteiger partial charge in [-0.15, -0.1) is 0 Å². The Morgan fingerprint density at radius 2 is 2.11 bits per heavy atom. The number of nitro groups is 1. The minimum atomic E-state index is -0.594. The van der Waals surface area contributed by atoms with Gasteiger partial charge in [0, 0.05) is 10.7 Å². The van der Waals surface area contributed by atoms with Gasteiger partial charge in [0.15, 0.2) is 0 Å². The van der Waals surface area contributed by atoms with Crippen molar-refractivity contribution >= 4 is 40.4 Å². The molecule has 0 aliphatic heterocycles. The van der Waals surface area contributed by atoms with Crippen molar-refractivity contribution in [2.24, 2.45) is 0 Å². The SMILES string of the molecule is O=[N+]([O-])c1cnc(Cl)nc1Nc1cccc(Cl)c1. The fourth-order valence-electron chi connectivity index (χ4n) is 1.28. The first-order valence-corrected chi connectivity index (χ1v) is 5.51. The van der Waals surface area contributed by atoms with Gasteiger partial charge >= 0.3 is 5.69 Å². The van der Waals surface area contributed by atoms with Gasteiger partial charge in [-0.1, -0.05) is 17.7 Å². The molecule has 0 atom stereocenters. The van der Waals surface area contributed by atoms with Crippen molar-refractivity contribution < 1.29 is 4.92 Å². The number of rotatable bonds is 3. The minimum Gasteiger partial charge on any atom is -0.334 e. The highest BCUT2D eigenvalue weighted by molar-refractivity contribution is 6.30. The summed E-state index contributed by atoms with van der Waals surface area (Å²) in [7, 11) is 0. The van der Waals surface area contributed by atoms with Gasteiger partial charge in [-0.2, -0.15) is 4.98 Å². The van der Waals surface area contributed by atoms with Crippen LogP contribution in [0.4, 0.5) is 17.2 Å². The van der Waals surface area contributed by atoms with E-state index in [1.54, 1.807) is 24.3 Å². The smallest absolute Gasteiger partial charge is 0.329 e. The maximum absolute atomic E-state index is 10.8. The molecule has 2 aromatic rings. The summed E-state index contributed by atoms with van der Waals surface area (Å²) in [6, 6.07) is 6.71. The fraction of sp³-hybridized carbons (Fsp3) is 0. The Bertz CT molecular complexity index is 606. The molecule has 1 aromatic carbocycles. The van der Waals surface area contributed by atoms with Crippen LogP contribution in [0, 0.1) is 10.1 Å². The fourth-order valence-corrected chi connectivity index (χ4v) is 1.61. The van der Waals surface area contributed by atoms with E-state index in [9.17, 15) is 10.1 Å². The highest BCUT2D eigenvalue weighted by Gasteiger charge is 2.16. The number of halogens is 2. The van der Waals surface area contributed by atoms with Gasteiger partial charge in [-0.05, 0) is 29.8 Å². The molecule has 0 unspecified atom stereocenters. The summed E-state index contributed by atoms with van der Waals surface area (Å²) in [6.45, 7) is 0. The predicted octanol–water partition coefficient (Wildman–Crippen LogP) is 3.44. The molecular formula is C10H6Cl2N4O2. The van der Waals surface area contributed by atoms with E-state index in [2.05, 4.69) is 15.3 Å². The first-order chi connectivity index (χ1) is 8.56. The third kappa shape index (κ3) is 2.85. The lowest BCUT2D eigenvalue weighted by atomic mass is 10.3. The van der Waals surface area contributed by atoms with Crippen LogP contribution in [0.5, 0.6) is 0 Å². The summed E-state index contributed by atoms with van der Waals surface area (Å²) >= 11 is 11.4. The zero-order valence-corrected chi connectivity index (χ0v) is 10.3. The molecule has 92 valence electrons. The number of nitrogens with zero attached hydrogens (tertiary/aromatic N) is 3. The molecule has 0 radical (unpaired) electrons. The van der Waals surface area contributed by atoms with Crippen molar-refractivity contribution in [1.82, 2.24) is 9.97 Å².